The summed E-state index contributed by atoms with van der Waals surface area (Å²) in [6.45, 7) is 0.599. The molecule has 4 saturated heterocycles. The molecule has 16 nitrogen and oxygen atoms in total. The van der Waals surface area contributed by atoms with Crippen molar-refractivity contribution < 1.29 is 74.8 Å². The molecule has 4 rings (SSSR count). The third-order valence-electron chi connectivity index (χ3n) is 4.93. The van der Waals surface area contributed by atoms with Gasteiger partial charge in [0.25, 0.3) is 0 Å². The molecular formula is C17H23O16Si-. The van der Waals surface area contributed by atoms with Gasteiger partial charge in [0.05, 0.1) is 0 Å². The van der Waals surface area contributed by atoms with E-state index < -0.39 is 64.2 Å². The third-order valence-corrected chi connectivity index (χ3v) is 7.49. The summed E-state index contributed by atoms with van der Waals surface area (Å²) >= 11 is 0. The van der Waals surface area contributed by atoms with Crippen LogP contribution in [0, 0.1) is 0 Å². The van der Waals surface area contributed by atoms with Gasteiger partial charge in [-0.25, -0.2) is 0 Å². The topological polar surface area (TPSA) is 179 Å². The quantitative estimate of drug-likeness (QED) is 0.190. The summed E-state index contributed by atoms with van der Waals surface area (Å²) in [5.41, 5.74) is 0. The van der Waals surface area contributed by atoms with Crippen LogP contribution in [0.15, 0.2) is 0 Å². The molecule has 5 atom stereocenters. The van der Waals surface area contributed by atoms with Crippen molar-refractivity contribution in [1.29, 1.82) is 0 Å². The summed E-state index contributed by atoms with van der Waals surface area (Å²) < 4.78 is 62.7. The molecule has 0 aromatic heterocycles. The second-order valence-electron chi connectivity index (χ2n) is 7.54. The van der Waals surface area contributed by atoms with Crippen molar-refractivity contribution >= 4 is 33.7 Å². The Morgan fingerprint density at radius 1 is 0.676 bits per heavy atom. The van der Waals surface area contributed by atoms with Crippen LogP contribution in [-0.4, -0.2) is 110 Å². The zero-order chi connectivity index (χ0) is 24.1. The molecule has 4 heterocycles. The fraction of sp³-hybridized carbons (Fsp3) is 0.765. The van der Waals surface area contributed by atoms with E-state index in [-0.39, 0.29) is 46.2 Å². The number of hydrogen-bond acceptors (Lipinski definition) is 16. The maximum absolute atomic E-state index is 11.3. The Kier molecular flexibility index (Phi) is 7.56. The summed E-state index contributed by atoms with van der Waals surface area (Å²) in [5.74, 6) is 0. The molecule has 0 bridgehead atoms. The van der Waals surface area contributed by atoms with Gasteiger partial charge in [-0.05, 0) is 0 Å². The Balaban J connectivity index is 1.47. The van der Waals surface area contributed by atoms with Crippen molar-refractivity contribution in [3.8, 4) is 0 Å². The average molecular weight is 511 g/mol. The predicted molar refractivity (Wildman–Crippen MR) is 100 cm³/mol. The molecule has 0 saturated carbocycles. The Bertz CT molecular complexity index is 715. The van der Waals surface area contributed by atoms with Crippen LogP contribution < -0.4 is 0 Å². The Hall–Kier alpha value is -2.86. The van der Waals surface area contributed by atoms with Crippen LogP contribution >= 0.6 is 0 Å². The molecule has 0 radical (unpaired) electrons. The first-order chi connectivity index (χ1) is 16.3. The zero-order valence-electron chi connectivity index (χ0n) is 17.9. The third kappa shape index (κ3) is 6.38. The van der Waals surface area contributed by atoms with E-state index in [9.17, 15) is 19.2 Å². The molecule has 34 heavy (non-hydrogen) atoms. The summed E-state index contributed by atoms with van der Waals surface area (Å²) in [5, 5.41) is 0. The summed E-state index contributed by atoms with van der Waals surface area (Å²) in [7, 11) is -4.58. The fourth-order valence-corrected chi connectivity index (χ4v) is 5.78. The minimum absolute atomic E-state index is 0.0699. The first kappa shape index (κ1) is 24.3. The van der Waals surface area contributed by atoms with Crippen molar-refractivity contribution in [1.82, 2.24) is 0 Å². The van der Waals surface area contributed by atoms with Crippen molar-refractivity contribution in [2.24, 2.45) is 0 Å². The van der Waals surface area contributed by atoms with E-state index in [4.69, 9.17) is 55.6 Å². The van der Waals surface area contributed by atoms with Crippen LogP contribution in [0.1, 0.15) is 6.92 Å². The first-order valence-corrected chi connectivity index (χ1v) is 12.2. The molecule has 4 aliphatic rings. The van der Waals surface area contributed by atoms with E-state index in [0.717, 1.165) is 0 Å². The Morgan fingerprint density at radius 3 is 1.38 bits per heavy atom. The molecule has 0 N–H and O–H groups in total. The van der Waals surface area contributed by atoms with Gasteiger partial charge >= 0.3 is 192 Å². The van der Waals surface area contributed by atoms with E-state index in [1.807, 2.05) is 0 Å². The average Bonchev–Trinajstić information content (AvgIpc) is 3.59. The SMILES string of the molecule is CC(O[SiH-](OCC1COC(=O)O1)(OCC1COC(=O)O1)OCC1COC(=O)O1)C1COC(=O)O1. The van der Waals surface area contributed by atoms with Gasteiger partial charge in [-0.2, -0.15) is 0 Å². The van der Waals surface area contributed by atoms with Gasteiger partial charge in [0.15, 0.2) is 0 Å². The molecule has 0 aromatic carbocycles. The van der Waals surface area contributed by atoms with Gasteiger partial charge in [0.2, 0.25) is 0 Å². The number of carbonyl (C=O) groups excluding carboxylic acids is 4. The van der Waals surface area contributed by atoms with Crippen molar-refractivity contribution in [2.75, 3.05) is 46.2 Å². The van der Waals surface area contributed by atoms with E-state index >= 15 is 0 Å². The second-order valence-corrected chi connectivity index (χ2v) is 9.97. The molecule has 17 heteroatoms. The summed E-state index contributed by atoms with van der Waals surface area (Å²) in [4.78, 5) is 45.1. The van der Waals surface area contributed by atoms with Gasteiger partial charge in [-0.3, -0.25) is 0 Å². The summed E-state index contributed by atoms with van der Waals surface area (Å²) in [6.07, 6.45) is -7.39. The number of ether oxygens (including phenoxy) is 8. The van der Waals surface area contributed by atoms with E-state index in [2.05, 4.69) is 0 Å². The van der Waals surface area contributed by atoms with Crippen molar-refractivity contribution in [2.45, 2.75) is 37.4 Å². The van der Waals surface area contributed by atoms with Crippen LogP contribution in [0.5, 0.6) is 0 Å². The van der Waals surface area contributed by atoms with Gasteiger partial charge in [0.1, 0.15) is 0 Å². The van der Waals surface area contributed by atoms with Gasteiger partial charge in [-0.15, -0.1) is 0 Å². The number of hydrogen-bond donors (Lipinski definition) is 0. The fourth-order valence-electron chi connectivity index (χ4n) is 3.20. The molecule has 4 fully saturated rings. The van der Waals surface area contributed by atoms with Crippen LogP contribution in [-0.2, 0) is 55.6 Å². The second kappa shape index (κ2) is 10.6. The van der Waals surface area contributed by atoms with E-state index in [1.165, 1.54) is 0 Å². The summed E-state index contributed by atoms with van der Waals surface area (Å²) in [6, 6.07) is 0. The predicted octanol–water partition coefficient (Wildman–Crippen LogP) is -0.249. The van der Waals surface area contributed by atoms with Crippen LogP contribution in [0.2, 0.25) is 0 Å². The standard InChI is InChI=1S/C17H23O16Si/c1-9(13-8-25-17(21)32-13)33-34(26-5-10-2-22-14(18)29-10,27-6-11-3-23-15(19)30-11)28-7-12-4-24-16(20)31-12/h9-13,34H,2-8H2,1H3/q-1. The van der Waals surface area contributed by atoms with Gasteiger partial charge in [-0.1, -0.05) is 0 Å². The van der Waals surface area contributed by atoms with E-state index in [0.29, 0.717) is 0 Å². The van der Waals surface area contributed by atoms with Gasteiger partial charge < -0.3 is 0 Å². The van der Waals surface area contributed by atoms with Crippen LogP contribution in [0.25, 0.3) is 0 Å². The zero-order valence-corrected chi connectivity index (χ0v) is 19.1. The minimum atomic E-state index is -4.58. The molecule has 5 unspecified atom stereocenters. The maximum atomic E-state index is 11.3. The molecule has 0 aliphatic carbocycles. The van der Waals surface area contributed by atoms with Crippen LogP contribution in [0.4, 0.5) is 19.2 Å². The molecule has 0 aromatic rings. The molecular weight excluding hydrogens is 488 g/mol. The monoisotopic (exact) mass is 511 g/mol. The van der Waals surface area contributed by atoms with E-state index in [1.54, 1.807) is 6.92 Å². The molecule has 0 spiro atoms. The number of cyclic esters (lactones) is 8. The first-order valence-electron chi connectivity index (χ1n) is 10.4. The van der Waals surface area contributed by atoms with Gasteiger partial charge in [0, 0.05) is 0 Å². The molecule has 192 valence electrons. The normalized spacial score (nSPS) is 29.8. The number of carbonyl (C=O) groups is 4. The number of rotatable bonds is 12. The van der Waals surface area contributed by atoms with Crippen LogP contribution in [0.3, 0.4) is 0 Å². The Labute approximate surface area is 192 Å². The van der Waals surface area contributed by atoms with Crippen molar-refractivity contribution in [3.63, 3.8) is 0 Å². The Morgan fingerprint density at radius 2 is 1.06 bits per heavy atom. The van der Waals surface area contributed by atoms with Crippen molar-refractivity contribution in [3.05, 3.63) is 0 Å². The molecule has 0 amide bonds. The molecule has 4 aliphatic heterocycles.